The number of hydrogen-bond acceptors (Lipinski definition) is 1. The summed E-state index contributed by atoms with van der Waals surface area (Å²) in [5, 5.41) is 0. The quantitative estimate of drug-likeness (QED) is 0.466. The van der Waals surface area contributed by atoms with Crippen LogP contribution in [-0.4, -0.2) is 17.8 Å². The lowest BCUT2D eigenvalue weighted by Crippen LogP contribution is -2.40. The molecule has 0 spiro atoms. The molecule has 0 unspecified atom stereocenters. The van der Waals surface area contributed by atoms with E-state index in [9.17, 15) is 4.91 Å². The molecule has 0 atom stereocenters. The van der Waals surface area contributed by atoms with Crippen molar-refractivity contribution in [2.45, 2.75) is 13.8 Å². The lowest BCUT2D eigenvalue weighted by molar-refractivity contribution is -0.626. The van der Waals surface area contributed by atoms with Crippen molar-refractivity contribution in [3.63, 3.8) is 0 Å². The first-order valence-electron chi connectivity index (χ1n) is 3.12. The molecule has 0 amide bonds. The van der Waals surface area contributed by atoms with Crippen molar-refractivity contribution in [3.8, 4) is 0 Å². The number of rotatable bonds is 1. The maximum Gasteiger partial charge on any atom is 0.201 e. The zero-order valence-corrected chi connectivity index (χ0v) is 5.42. The van der Waals surface area contributed by atoms with Crippen LogP contribution in [0.25, 0.3) is 0 Å². The Hall–Kier alpha value is -0.400. The lowest BCUT2D eigenvalue weighted by Gasteiger charge is -2.19. The largest absolute Gasteiger partial charge is 0.201 e. The Morgan fingerprint density at radius 1 is 1.50 bits per heavy atom. The molecule has 1 heterocycles. The van der Waals surface area contributed by atoms with Gasteiger partial charge in [0, 0.05) is 4.91 Å². The first-order chi connectivity index (χ1) is 3.70. The molecular formula is C6H12NO+. The van der Waals surface area contributed by atoms with Crippen molar-refractivity contribution < 1.29 is 4.76 Å². The van der Waals surface area contributed by atoms with Gasteiger partial charge in [0.25, 0.3) is 0 Å². The Labute approximate surface area is 49.5 Å². The van der Waals surface area contributed by atoms with E-state index in [4.69, 9.17) is 0 Å². The number of hydrogen-bond donors (Lipinski definition) is 0. The van der Waals surface area contributed by atoms with Crippen molar-refractivity contribution in [1.29, 1.82) is 0 Å². The standard InChI is InChI=1S/C6H12NO/c1-5(2)6-3-7(8)4-6/h5-6H,3-4H2,1-2H3/q+1. The van der Waals surface area contributed by atoms with Gasteiger partial charge in [0.1, 0.15) is 0 Å². The van der Waals surface area contributed by atoms with Crippen LogP contribution in [0, 0.1) is 16.7 Å². The average Bonchev–Trinajstić information content (AvgIpc) is 1.57. The third-order valence-electron chi connectivity index (χ3n) is 1.82. The van der Waals surface area contributed by atoms with Gasteiger partial charge < -0.3 is 0 Å². The van der Waals surface area contributed by atoms with Crippen LogP contribution < -0.4 is 0 Å². The van der Waals surface area contributed by atoms with E-state index >= 15 is 0 Å². The van der Waals surface area contributed by atoms with Crippen LogP contribution in [0.5, 0.6) is 0 Å². The first kappa shape index (κ1) is 5.73. The Balaban J connectivity index is 2.25. The zero-order chi connectivity index (χ0) is 6.15. The molecule has 2 nitrogen and oxygen atoms in total. The number of nitroso groups, excluding NO2 is 1. The molecular weight excluding hydrogens is 102 g/mol. The Morgan fingerprint density at radius 3 is 2.12 bits per heavy atom. The summed E-state index contributed by atoms with van der Waals surface area (Å²) in [6.45, 7) is 5.85. The van der Waals surface area contributed by atoms with Crippen LogP contribution in [0.2, 0.25) is 0 Å². The monoisotopic (exact) mass is 114 g/mol. The Kier molecular flexibility index (Phi) is 1.32. The minimum Gasteiger partial charge on any atom is -0.0620 e. The van der Waals surface area contributed by atoms with Crippen molar-refractivity contribution >= 4 is 0 Å². The minimum absolute atomic E-state index is 0.674. The van der Waals surface area contributed by atoms with Gasteiger partial charge in [-0.25, -0.2) is 0 Å². The van der Waals surface area contributed by atoms with Gasteiger partial charge in [-0.1, -0.05) is 13.8 Å². The molecule has 0 radical (unpaired) electrons. The summed E-state index contributed by atoms with van der Waals surface area (Å²) in [6, 6.07) is 0. The summed E-state index contributed by atoms with van der Waals surface area (Å²) in [6.07, 6.45) is 0. The van der Waals surface area contributed by atoms with Gasteiger partial charge in [0.05, 0.1) is 5.92 Å². The van der Waals surface area contributed by atoms with E-state index in [0.717, 1.165) is 17.8 Å². The molecule has 0 aromatic rings. The van der Waals surface area contributed by atoms with Gasteiger partial charge in [-0.15, -0.1) is 0 Å². The first-order valence-corrected chi connectivity index (χ1v) is 3.12. The highest BCUT2D eigenvalue weighted by molar-refractivity contribution is 4.65. The summed E-state index contributed by atoms with van der Waals surface area (Å²) in [5.74, 6) is 1.37. The predicted molar refractivity (Wildman–Crippen MR) is 31.7 cm³/mol. The van der Waals surface area contributed by atoms with Crippen molar-refractivity contribution in [3.05, 3.63) is 4.91 Å². The highest BCUT2D eigenvalue weighted by Crippen LogP contribution is 2.18. The normalized spacial score (nSPS) is 21.6. The molecule has 0 aromatic carbocycles. The second kappa shape index (κ2) is 1.84. The molecule has 1 fully saturated rings. The predicted octanol–water partition coefficient (Wildman–Crippen LogP) is 1.05. The topological polar surface area (TPSA) is 20.1 Å². The molecule has 2 heteroatoms. The van der Waals surface area contributed by atoms with Crippen molar-refractivity contribution in [2.75, 3.05) is 13.1 Å². The minimum atomic E-state index is 0.674. The van der Waals surface area contributed by atoms with E-state index in [2.05, 4.69) is 13.8 Å². The van der Waals surface area contributed by atoms with Gasteiger partial charge in [-0.3, -0.25) is 0 Å². The van der Waals surface area contributed by atoms with Crippen molar-refractivity contribution in [1.82, 2.24) is 0 Å². The van der Waals surface area contributed by atoms with E-state index in [1.807, 2.05) is 0 Å². The summed E-state index contributed by atoms with van der Waals surface area (Å²) in [7, 11) is 0. The fourth-order valence-electron chi connectivity index (χ4n) is 0.891. The van der Waals surface area contributed by atoms with E-state index in [-0.39, 0.29) is 0 Å². The third-order valence-corrected chi connectivity index (χ3v) is 1.82. The summed E-state index contributed by atoms with van der Waals surface area (Å²) < 4.78 is 1.12. The molecule has 46 valence electrons. The SMILES string of the molecule is CC(C)C1C[N+](=O)C1. The molecule has 1 aliphatic heterocycles. The fourth-order valence-corrected chi connectivity index (χ4v) is 0.891. The maximum atomic E-state index is 10.3. The Bertz CT molecular complexity index is 101. The van der Waals surface area contributed by atoms with E-state index in [0.29, 0.717) is 11.8 Å². The van der Waals surface area contributed by atoms with Gasteiger partial charge in [-0.2, -0.15) is 0 Å². The lowest BCUT2D eigenvalue weighted by atomic mass is 9.91. The highest BCUT2D eigenvalue weighted by Gasteiger charge is 2.36. The second-order valence-electron chi connectivity index (χ2n) is 2.85. The van der Waals surface area contributed by atoms with E-state index in [1.54, 1.807) is 0 Å². The van der Waals surface area contributed by atoms with Gasteiger partial charge >= 0.3 is 0 Å². The van der Waals surface area contributed by atoms with Crippen LogP contribution >= 0.6 is 0 Å². The number of nitrogens with zero attached hydrogens (tertiary/aromatic N) is 1. The smallest absolute Gasteiger partial charge is 0.0620 e. The zero-order valence-electron chi connectivity index (χ0n) is 5.42. The summed E-state index contributed by atoms with van der Waals surface area (Å²) >= 11 is 0. The molecule has 0 saturated carbocycles. The molecule has 1 aliphatic rings. The molecule has 8 heavy (non-hydrogen) atoms. The maximum absolute atomic E-state index is 10.3. The fraction of sp³-hybridized carbons (Fsp3) is 1.00. The molecule has 0 bridgehead atoms. The summed E-state index contributed by atoms with van der Waals surface area (Å²) in [5.41, 5.74) is 0. The molecule has 1 saturated heterocycles. The summed E-state index contributed by atoms with van der Waals surface area (Å²) in [4.78, 5) is 10.3. The second-order valence-corrected chi connectivity index (χ2v) is 2.85. The molecule has 0 aromatic heterocycles. The van der Waals surface area contributed by atoms with Crippen molar-refractivity contribution in [2.24, 2.45) is 11.8 Å². The molecule has 0 aliphatic carbocycles. The van der Waals surface area contributed by atoms with Gasteiger partial charge in [-0.05, 0) is 10.7 Å². The Morgan fingerprint density at radius 2 is 2.00 bits per heavy atom. The van der Waals surface area contributed by atoms with E-state index in [1.165, 1.54) is 0 Å². The van der Waals surface area contributed by atoms with Crippen LogP contribution in [-0.2, 0) is 0 Å². The molecule has 1 rings (SSSR count). The van der Waals surface area contributed by atoms with Crippen LogP contribution in [0.3, 0.4) is 0 Å². The van der Waals surface area contributed by atoms with Crippen LogP contribution in [0.1, 0.15) is 13.8 Å². The van der Waals surface area contributed by atoms with Crippen LogP contribution in [0.15, 0.2) is 0 Å². The van der Waals surface area contributed by atoms with E-state index < -0.39 is 0 Å². The molecule has 0 N–H and O–H groups in total. The highest BCUT2D eigenvalue weighted by atomic mass is 16.3. The van der Waals surface area contributed by atoms with Gasteiger partial charge in [0.2, 0.25) is 13.1 Å². The average molecular weight is 114 g/mol. The third kappa shape index (κ3) is 0.881. The van der Waals surface area contributed by atoms with Gasteiger partial charge in [0.15, 0.2) is 0 Å². The van der Waals surface area contributed by atoms with Crippen LogP contribution in [0.4, 0.5) is 0 Å².